The summed E-state index contributed by atoms with van der Waals surface area (Å²) in [7, 11) is 1.83. The van der Waals surface area contributed by atoms with Crippen molar-refractivity contribution in [1.29, 1.82) is 0 Å². The van der Waals surface area contributed by atoms with E-state index >= 15 is 0 Å². The third kappa shape index (κ3) is 4.08. The molecular weight excluding hydrogens is 298 g/mol. The number of hydrogen-bond donors (Lipinski definition) is 0. The minimum Gasteiger partial charge on any atom is -0.342 e. The van der Waals surface area contributed by atoms with E-state index in [0.29, 0.717) is 32.7 Å². The van der Waals surface area contributed by atoms with Crippen LogP contribution in [0.2, 0.25) is 0 Å². The van der Waals surface area contributed by atoms with Crippen molar-refractivity contribution in [3.63, 3.8) is 0 Å². The first kappa shape index (κ1) is 17.0. The van der Waals surface area contributed by atoms with Crippen LogP contribution in [0.5, 0.6) is 0 Å². The Bertz CT molecular complexity index is 525. The normalized spacial score (nSPS) is 14.1. The Balaban J connectivity index is 1.83. The molecule has 6 heteroatoms. The minimum atomic E-state index is 0.0825. The van der Waals surface area contributed by atoms with Crippen molar-refractivity contribution < 1.29 is 9.59 Å². The average Bonchev–Trinajstić information content (AvgIpc) is 2.95. The fraction of sp³-hybridized carbons (Fsp3) is 0.625. The maximum atomic E-state index is 12.4. The van der Waals surface area contributed by atoms with Gasteiger partial charge in [0.15, 0.2) is 0 Å². The summed E-state index contributed by atoms with van der Waals surface area (Å²) < 4.78 is 0. The molecule has 0 fully saturated rings. The van der Waals surface area contributed by atoms with Crippen LogP contribution in [-0.2, 0) is 22.6 Å². The molecule has 0 unspecified atom stereocenters. The Morgan fingerprint density at radius 3 is 2.68 bits per heavy atom. The van der Waals surface area contributed by atoms with Crippen LogP contribution >= 0.6 is 11.3 Å². The van der Waals surface area contributed by atoms with E-state index in [1.165, 1.54) is 10.4 Å². The Morgan fingerprint density at radius 2 is 2.00 bits per heavy atom. The zero-order valence-corrected chi connectivity index (χ0v) is 14.5. The summed E-state index contributed by atoms with van der Waals surface area (Å²) >= 11 is 1.77. The molecule has 1 aliphatic heterocycles. The zero-order chi connectivity index (χ0) is 16.1. The fourth-order valence-corrected chi connectivity index (χ4v) is 3.65. The molecule has 0 N–H and O–H groups in total. The van der Waals surface area contributed by atoms with E-state index in [1.54, 1.807) is 16.2 Å². The van der Waals surface area contributed by atoms with Crippen LogP contribution in [0.25, 0.3) is 0 Å². The van der Waals surface area contributed by atoms with Crippen LogP contribution in [0.4, 0.5) is 0 Å². The Labute approximate surface area is 136 Å². The van der Waals surface area contributed by atoms with Gasteiger partial charge in [-0.2, -0.15) is 0 Å². The first-order valence-corrected chi connectivity index (χ1v) is 8.72. The number of rotatable bonds is 6. The molecule has 0 spiro atoms. The number of fused-ring (bicyclic) bond motifs is 1. The SMILES string of the molecule is CCN(CC)C(=O)CN(C)CC(=O)N1CCc2sccc2C1. The standard InChI is InChI=1S/C16H25N3O2S/c1-4-18(5-2)15(20)11-17(3)12-16(21)19-8-6-14-13(10-19)7-9-22-14/h7,9H,4-6,8,10-12H2,1-3H3. The van der Waals surface area contributed by atoms with Crippen molar-refractivity contribution in [2.45, 2.75) is 26.8 Å². The van der Waals surface area contributed by atoms with E-state index in [9.17, 15) is 9.59 Å². The second-order valence-corrected chi connectivity index (χ2v) is 6.67. The summed E-state index contributed by atoms with van der Waals surface area (Å²) in [6, 6.07) is 2.10. The molecule has 2 rings (SSSR count). The van der Waals surface area contributed by atoms with Crippen molar-refractivity contribution in [1.82, 2.24) is 14.7 Å². The molecule has 2 heterocycles. The van der Waals surface area contributed by atoms with Gasteiger partial charge in [-0.3, -0.25) is 14.5 Å². The van der Waals surface area contributed by atoms with Gasteiger partial charge >= 0.3 is 0 Å². The van der Waals surface area contributed by atoms with Crippen molar-refractivity contribution in [3.05, 3.63) is 21.9 Å². The summed E-state index contributed by atoms with van der Waals surface area (Å²) in [5.74, 6) is 0.186. The first-order chi connectivity index (χ1) is 10.5. The minimum absolute atomic E-state index is 0.0825. The van der Waals surface area contributed by atoms with Gasteiger partial charge in [0.2, 0.25) is 11.8 Å². The molecule has 5 nitrogen and oxygen atoms in total. The molecule has 0 saturated carbocycles. The summed E-state index contributed by atoms with van der Waals surface area (Å²) in [4.78, 5) is 31.4. The summed E-state index contributed by atoms with van der Waals surface area (Å²) in [6.45, 7) is 7.45. The number of thiophene rings is 1. The summed E-state index contributed by atoms with van der Waals surface area (Å²) in [5.41, 5.74) is 1.27. The van der Waals surface area contributed by atoms with Crippen molar-refractivity contribution in [2.24, 2.45) is 0 Å². The Hall–Kier alpha value is -1.40. The highest BCUT2D eigenvalue weighted by atomic mass is 32.1. The zero-order valence-electron chi connectivity index (χ0n) is 13.7. The molecular formula is C16H25N3O2S. The molecule has 2 amide bonds. The van der Waals surface area contributed by atoms with Crippen molar-refractivity contribution in [2.75, 3.05) is 39.8 Å². The van der Waals surface area contributed by atoms with Gasteiger partial charge in [0.1, 0.15) is 0 Å². The molecule has 22 heavy (non-hydrogen) atoms. The number of amides is 2. The fourth-order valence-electron chi connectivity index (χ4n) is 2.76. The van der Waals surface area contributed by atoms with Gasteiger partial charge < -0.3 is 9.80 Å². The molecule has 0 saturated heterocycles. The highest BCUT2D eigenvalue weighted by molar-refractivity contribution is 7.10. The van der Waals surface area contributed by atoms with Crippen LogP contribution in [-0.4, -0.2) is 66.3 Å². The molecule has 0 bridgehead atoms. The monoisotopic (exact) mass is 323 g/mol. The van der Waals surface area contributed by atoms with Gasteiger partial charge in [-0.1, -0.05) is 0 Å². The number of likely N-dealkylation sites (N-methyl/N-ethyl adjacent to an activating group) is 2. The number of carbonyl (C=O) groups excluding carboxylic acids is 2. The van der Waals surface area contributed by atoms with E-state index in [1.807, 2.05) is 30.7 Å². The predicted molar refractivity (Wildman–Crippen MR) is 88.9 cm³/mol. The van der Waals surface area contributed by atoms with Gasteiger partial charge in [0.25, 0.3) is 0 Å². The van der Waals surface area contributed by atoms with Gasteiger partial charge in [0, 0.05) is 31.1 Å². The van der Waals surface area contributed by atoms with E-state index in [4.69, 9.17) is 0 Å². The lowest BCUT2D eigenvalue weighted by Gasteiger charge is -2.29. The van der Waals surface area contributed by atoms with Crippen LogP contribution < -0.4 is 0 Å². The van der Waals surface area contributed by atoms with Crippen LogP contribution in [0, 0.1) is 0 Å². The summed E-state index contributed by atoms with van der Waals surface area (Å²) in [5, 5.41) is 2.09. The highest BCUT2D eigenvalue weighted by Gasteiger charge is 2.23. The molecule has 0 aliphatic carbocycles. The lowest BCUT2D eigenvalue weighted by atomic mass is 10.1. The third-order valence-corrected chi connectivity index (χ3v) is 5.11. The predicted octanol–water partition coefficient (Wildman–Crippen LogP) is 1.43. The molecule has 0 atom stereocenters. The van der Waals surface area contributed by atoms with E-state index in [-0.39, 0.29) is 11.8 Å². The van der Waals surface area contributed by atoms with Crippen LogP contribution in [0.15, 0.2) is 11.4 Å². The lowest BCUT2D eigenvalue weighted by molar-refractivity contribution is -0.135. The number of nitrogens with zero attached hydrogens (tertiary/aromatic N) is 3. The molecule has 0 radical (unpaired) electrons. The lowest BCUT2D eigenvalue weighted by Crippen LogP contribution is -2.45. The average molecular weight is 323 g/mol. The smallest absolute Gasteiger partial charge is 0.237 e. The van der Waals surface area contributed by atoms with Gasteiger partial charge in [0.05, 0.1) is 13.1 Å². The van der Waals surface area contributed by atoms with Gasteiger partial charge in [-0.15, -0.1) is 11.3 Å². The second kappa shape index (κ2) is 7.74. The molecule has 1 aromatic rings. The largest absolute Gasteiger partial charge is 0.342 e. The number of carbonyl (C=O) groups is 2. The second-order valence-electron chi connectivity index (χ2n) is 5.67. The van der Waals surface area contributed by atoms with Crippen LogP contribution in [0.3, 0.4) is 0 Å². The van der Waals surface area contributed by atoms with Gasteiger partial charge in [-0.05, 0) is 44.3 Å². The Kier molecular flexibility index (Phi) is 5.97. The molecule has 1 aromatic heterocycles. The molecule has 0 aromatic carbocycles. The van der Waals surface area contributed by atoms with E-state index in [2.05, 4.69) is 11.4 Å². The Morgan fingerprint density at radius 1 is 1.27 bits per heavy atom. The first-order valence-electron chi connectivity index (χ1n) is 7.84. The van der Waals surface area contributed by atoms with E-state index in [0.717, 1.165) is 13.0 Å². The maximum absolute atomic E-state index is 12.4. The quantitative estimate of drug-likeness (QED) is 0.795. The molecule has 1 aliphatic rings. The highest BCUT2D eigenvalue weighted by Crippen LogP contribution is 2.23. The van der Waals surface area contributed by atoms with Crippen LogP contribution in [0.1, 0.15) is 24.3 Å². The number of hydrogen-bond acceptors (Lipinski definition) is 4. The maximum Gasteiger partial charge on any atom is 0.237 e. The van der Waals surface area contributed by atoms with E-state index < -0.39 is 0 Å². The molecule has 122 valence electrons. The topological polar surface area (TPSA) is 43.9 Å². The third-order valence-electron chi connectivity index (χ3n) is 4.09. The summed E-state index contributed by atoms with van der Waals surface area (Å²) in [6.07, 6.45) is 0.945. The van der Waals surface area contributed by atoms with Crippen molar-refractivity contribution >= 4 is 23.2 Å². The van der Waals surface area contributed by atoms with Gasteiger partial charge in [-0.25, -0.2) is 0 Å². The van der Waals surface area contributed by atoms with Crippen molar-refractivity contribution in [3.8, 4) is 0 Å².